The Labute approximate surface area is 283 Å². The first-order valence-corrected chi connectivity index (χ1v) is 16.1. The van der Waals surface area contributed by atoms with Crippen molar-refractivity contribution in [2.24, 2.45) is 0 Å². The van der Waals surface area contributed by atoms with Crippen LogP contribution >= 0.6 is 0 Å². The normalized spacial score (nSPS) is 11.8. The number of hydrogen-bond donors (Lipinski definition) is 2. The van der Waals surface area contributed by atoms with E-state index in [1.54, 1.807) is 103 Å². The summed E-state index contributed by atoms with van der Waals surface area (Å²) in [5, 5.41) is 5.42. The Kier molecular flexibility index (Phi) is 14.8. The van der Waals surface area contributed by atoms with Gasteiger partial charge in [-0.3, -0.25) is 14.3 Å². The number of rotatable bonds is 11. The fourth-order valence-corrected chi connectivity index (χ4v) is 4.46. The standard InChI is InChI=1S/C34H45N5O7.C2H6/c1-23-21-39(30(41)37-28(23)36-29(40)25-13-10-9-11-14-25)26-17-15-24(16-18-26)27(22-44-8)38(32(43)46-34(5,6)7)20-12-19-35-31(42)45-33(2,3)4;1-2/h9-11,13-18,21,27H,12,19-20,22H2,1-8H3,(H,35,42)(H,36,37,40,41);1-2H3. The van der Waals surface area contributed by atoms with Crippen LogP contribution in [0, 0.1) is 6.92 Å². The van der Waals surface area contributed by atoms with Crippen LogP contribution in [0.15, 0.2) is 65.6 Å². The van der Waals surface area contributed by atoms with Gasteiger partial charge in [0.15, 0.2) is 0 Å². The summed E-state index contributed by atoms with van der Waals surface area (Å²) in [6.45, 7) is 17.2. The number of methoxy groups -OCH3 is 1. The molecule has 262 valence electrons. The van der Waals surface area contributed by atoms with Gasteiger partial charge in [-0.1, -0.05) is 44.2 Å². The molecule has 0 aliphatic heterocycles. The number of aromatic nitrogens is 2. The van der Waals surface area contributed by atoms with E-state index in [-0.39, 0.29) is 31.4 Å². The number of anilines is 1. The Morgan fingerprint density at radius 3 is 2.08 bits per heavy atom. The zero-order valence-electron chi connectivity index (χ0n) is 29.9. The van der Waals surface area contributed by atoms with Gasteiger partial charge in [0.05, 0.1) is 18.3 Å². The van der Waals surface area contributed by atoms with Crippen LogP contribution in [0.3, 0.4) is 0 Å². The van der Waals surface area contributed by atoms with Crippen molar-refractivity contribution in [1.29, 1.82) is 0 Å². The number of hydrogen-bond acceptors (Lipinski definition) is 8. The van der Waals surface area contributed by atoms with Crippen LogP contribution in [-0.4, -0.2) is 70.6 Å². The van der Waals surface area contributed by atoms with Gasteiger partial charge < -0.3 is 24.8 Å². The monoisotopic (exact) mass is 665 g/mol. The second-order valence-electron chi connectivity index (χ2n) is 12.8. The molecule has 3 aromatic rings. The highest BCUT2D eigenvalue weighted by Gasteiger charge is 2.29. The highest BCUT2D eigenvalue weighted by atomic mass is 16.6. The molecule has 0 bridgehead atoms. The van der Waals surface area contributed by atoms with Crippen LogP contribution in [0.5, 0.6) is 0 Å². The lowest BCUT2D eigenvalue weighted by Crippen LogP contribution is -2.42. The van der Waals surface area contributed by atoms with E-state index in [1.807, 2.05) is 32.0 Å². The van der Waals surface area contributed by atoms with Gasteiger partial charge in [-0.15, -0.1) is 0 Å². The lowest BCUT2D eigenvalue weighted by Gasteiger charge is -2.33. The molecule has 12 heteroatoms. The van der Waals surface area contributed by atoms with Gasteiger partial charge in [-0.2, -0.15) is 4.98 Å². The second-order valence-corrected chi connectivity index (χ2v) is 12.8. The molecule has 1 atom stereocenters. The molecule has 2 N–H and O–H groups in total. The molecule has 3 rings (SSSR count). The van der Waals surface area contributed by atoms with Gasteiger partial charge in [0.2, 0.25) is 0 Å². The van der Waals surface area contributed by atoms with Gasteiger partial charge >= 0.3 is 17.9 Å². The fraction of sp³-hybridized carbons (Fsp3) is 0.472. The highest BCUT2D eigenvalue weighted by molar-refractivity contribution is 6.04. The minimum Gasteiger partial charge on any atom is -0.444 e. The number of aryl methyl sites for hydroxylation is 1. The maximum atomic E-state index is 13.4. The van der Waals surface area contributed by atoms with Crippen molar-refractivity contribution < 1.29 is 28.6 Å². The quantitative estimate of drug-likeness (QED) is 0.217. The van der Waals surface area contributed by atoms with Gasteiger partial charge in [-0.25, -0.2) is 14.4 Å². The van der Waals surface area contributed by atoms with Gasteiger partial charge in [0, 0.05) is 37.5 Å². The number of amides is 3. The first-order valence-electron chi connectivity index (χ1n) is 16.1. The molecule has 0 fully saturated rings. The molecule has 0 spiro atoms. The lowest BCUT2D eigenvalue weighted by atomic mass is 10.0. The third-order valence-electron chi connectivity index (χ3n) is 6.51. The van der Waals surface area contributed by atoms with Crippen molar-refractivity contribution in [3.8, 4) is 5.69 Å². The molecule has 2 aromatic carbocycles. The van der Waals surface area contributed by atoms with Crippen LogP contribution in [0.1, 0.15) is 89.3 Å². The first-order chi connectivity index (χ1) is 22.6. The summed E-state index contributed by atoms with van der Waals surface area (Å²) in [5.74, 6) is -0.182. The maximum Gasteiger partial charge on any atom is 0.410 e. The average Bonchev–Trinajstić information content (AvgIpc) is 3.01. The smallest absolute Gasteiger partial charge is 0.410 e. The number of ether oxygens (including phenoxy) is 3. The maximum absolute atomic E-state index is 13.4. The van der Waals surface area contributed by atoms with Crippen LogP contribution in [0.25, 0.3) is 5.69 Å². The van der Waals surface area contributed by atoms with Crippen LogP contribution in [0.4, 0.5) is 15.4 Å². The molecule has 0 radical (unpaired) electrons. The van der Waals surface area contributed by atoms with E-state index in [4.69, 9.17) is 14.2 Å². The van der Waals surface area contributed by atoms with Crippen molar-refractivity contribution in [3.63, 3.8) is 0 Å². The Bertz CT molecular complexity index is 1540. The van der Waals surface area contributed by atoms with Crippen LogP contribution in [-0.2, 0) is 14.2 Å². The molecule has 0 saturated carbocycles. The molecule has 0 saturated heterocycles. The average molecular weight is 666 g/mol. The summed E-state index contributed by atoms with van der Waals surface area (Å²) in [7, 11) is 1.55. The van der Waals surface area contributed by atoms with E-state index < -0.39 is 35.1 Å². The van der Waals surface area contributed by atoms with Crippen LogP contribution < -0.4 is 16.3 Å². The molecule has 0 aliphatic rings. The van der Waals surface area contributed by atoms with E-state index in [9.17, 15) is 19.2 Å². The Hall–Kier alpha value is -4.71. The van der Waals surface area contributed by atoms with Crippen molar-refractivity contribution in [3.05, 3.63) is 88.0 Å². The second kappa shape index (κ2) is 18.0. The number of nitrogens with zero attached hydrogens (tertiary/aromatic N) is 3. The lowest BCUT2D eigenvalue weighted by molar-refractivity contribution is 0.00503. The predicted molar refractivity (Wildman–Crippen MR) is 187 cm³/mol. The molecule has 0 aliphatic carbocycles. The largest absolute Gasteiger partial charge is 0.444 e. The van der Waals surface area contributed by atoms with E-state index in [0.29, 0.717) is 23.2 Å². The molecule has 48 heavy (non-hydrogen) atoms. The van der Waals surface area contributed by atoms with Gasteiger partial charge in [0.1, 0.15) is 17.0 Å². The van der Waals surface area contributed by atoms with E-state index in [2.05, 4.69) is 15.6 Å². The minimum atomic E-state index is -0.732. The SMILES string of the molecule is CC.COCC(c1ccc(-n2cc(C)c(NC(=O)c3ccccc3)nc2=O)cc1)N(CCCNC(=O)OC(C)(C)C)C(=O)OC(C)(C)C. The third kappa shape index (κ3) is 12.5. The van der Waals surface area contributed by atoms with Crippen molar-refractivity contribution in [2.75, 3.05) is 32.1 Å². The van der Waals surface area contributed by atoms with Gasteiger partial charge in [0.25, 0.3) is 5.91 Å². The van der Waals surface area contributed by atoms with E-state index >= 15 is 0 Å². The topological polar surface area (TPSA) is 141 Å². The number of carbonyl (C=O) groups excluding carboxylic acids is 3. The molecule has 3 amide bonds. The fourth-order valence-electron chi connectivity index (χ4n) is 4.46. The number of benzene rings is 2. The summed E-state index contributed by atoms with van der Waals surface area (Å²) in [5.41, 5.74) is 0.429. The first kappa shape index (κ1) is 39.5. The minimum absolute atomic E-state index is 0.175. The summed E-state index contributed by atoms with van der Waals surface area (Å²) in [6, 6.07) is 15.3. The predicted octanol–water partition coefficient (Wildman–Crippen LogP) is 6.66. The van der Waals surface area contributed by atoms with Crippen molar-refractivity contribution in [1.82, 2.24) is 19.8 Å². The van der Waals surface area contributed by atoms with Crippen molar-refractivity contribution in [2.45, 2.75) is 86.0 Å². The summed E-state index contributed by atoms with van der Waals surface area (Å²) in [6.07, 6.45) is 0.985. The molecule has 1 aromatic heterocycles. The summed E-state index contributed by atoms with van der Waals surface area (Å²) in [4.78, 5) is 56.8. The molecular weight excluding hydrogens is 614 g/mol. The Morgan fingerprint density at radius 2 is 1.52 bits per heavy atom. The van der Waals surface area contributed by atoms with Gasteiger partial charge in [-0.05, 0) is 84.7 Å². The Morgan fingerprint density at radius 1 is 0.917 bits per heavy atom. The zero-order chi connectivity index (χ0) is 36.1. The molecule has 12 nitrogen and oxygen atoms in total. The Balaban J connectivity index is 0.00000392. The molecule has 1 unspecified atom stereocenters. The third-order valence-corrected chi connectivity index (χ3v) is 6.51. The number of nitrogens with one attached hydrogen (secondary N) is 2. The zero-order valence-corrected chi connectivity index (χ0v) is 29.9. The van der Waals surface area contributed by atoms with E-state index in [0.717, 1.165) is 5.56 Å². The molecular formula is C36H51N5O7. The van der Waals surface area contributed by atoms with Crippen LogP contribution in [0.2, 0.25) is 0 Å². The summed E-state index contributed by atoms with van der Waals surface area (Å²) < 4.78 is 17.9. The molecule has 1 heterocycles. The van der Waals surface area contributed by atoms with E-state index in [1.165, 1.54) is 4.57 Å². The summed E-state index contributed by atoms with van der Waals surface area (Å²) >= 11 is 0. The number of alkyl carbamates (subject to hydrolysis) is 1. The highest BCUT2D eigenvalue weighted by Crippen LogP contribution is 2.25. The van der Waals surface area contributed by atoms with Crippen molar-refractivity contribution >= 4 is 23.9 Å². The number of carbonyl (C=O) groups is 3.